The number of halogens is 3. The molecule has 0 aliphatic heterocycles. The third-order valence-corrected chi connectivity index (χ3v) is 3.14. The molecule has 1 aromatic carbocycles. The fraction of sp³-hybridized carbons (Fsp3) is 0.300. The van der Waals surface area contributed by atoms with Gasteiger partial charge in [0.05, 0.1) is 4.47 Å². The standard InChI is InChI=1S/C10H9Br2ClO3/c11-6-1-2-8(7(12)5-6)16-9(3-4-13)10(14)15/h1-2,5,9H,3-4H2,(H,14,15). The van der Waals surface area contributed by atoms with Crippen LogP contribution in [0.1, 0.15) is 6.42 Å². The number of alkyl halides is 1. The Morgan fingerprint density at radius 2 is 2.19 bits per heavy atom. The summed E-state index contributed by atoms with van der Waals surface area (Å²) in [7, 11) is 0. The molecule has 0 amide bonds. The maximum absolute atomic E-state index is 10.9. The Kier molecular flexibility index (Phi) is 5.58. The summed E-state index contributed by atoms with van der Waals surface area (Å²) in [5, 5.41) is 8.90. The predicted molar refractivity (Wildman–Crippen MR) is 69.2 cm³/mol. The van der Waals surface area contributed by atoms with E-state index < -0.39 is 12.1 Å². The molecule has 0 aliphatic carbocycles. The van der Waals surface area contributed by atoms with Gasteiger partial charge in [0.1, 0.15) is 5.75 Å². The van der Waals surface area contributed by atoms with Crippen LogP contribution in [-0.2, 0) is 4.79 Å². The predicted octanol–water partition coefficient (Wildman–Crippen LogP) is 3.67. The normalized spacial score (nSPS) is 12.2. The Morgan fingerprint density at radius 3 is 2.69 bits per heavy atom. The summed E-state index contributed by atoms with van der Waals surface area (Å²) in [4.78, 5) is 10.9. The van der Waals surface area contributed by atoms with E-state index in [0.29, 0.717) is 10.2 Å². The zero-order chi connectivity index (χ0) is 12.1. The lowest BCUT2D eigenvalue weighted by Crippen LogP contribution is -2.27. The monoisotopic (exact) mass is 370 g/mol. The van der Waals surface area contributed by atoms with Crippen molar-refractivity contribution in [2.75, 3.05) is 5.88 Å². The van der Waals surface area contributed by atoms with E-state index in [9.17, 15) is 4.79 Å². The van der Waals surface area contributed by atoms with Gasteiger partial charge in [0.25, 0.3) is 0 Å². The molecule has 6 heteroatoms. The van der Waals surface area contributed by atoms with Gasteiger partial charge in [-0.05, 0) is 34.1 Å². The van der Waals surface area contributed by atoms with Gasteiger partial charge in [0, 0.05) is 16.8 Å². The first-order valence-corrected chi connectivity index (χ1v) is 6.57. The van der Waals surface area contributed by atoms with E-state index in [-0.39, 0.29) is 12.3 Å². The molecular formula is C10H9Br2ClO3. The topological polar surface area (TPSA) is 46.5 Å². The first-order valence-electron chi connectivity index (χ1n) is 4.45. The van der Waals surface area contributed by atoms with Crippen molar-refractivity contribution < 1.29 is 14.6 Å². The number of carbonyl (C=O) groups is 1. The summed E-state index contributed by atoms with van der Waals surface area (Å²) in [5.41, 5.74) is 0. The fourth-order valence-corrected chi connectivity index (χ4v) is 2.39. The second-order valence-electron chi connectivity index (χ2n) is 3.00. The van der Waals surface area contributed by atoms with E-state index in [4.69, 9.17) is 21.4 Å². The van der Waals surface area contributed by atoms with Crippen LogP contribution in [0.25, 0.3) is 0 Å². The number of aliphatic carboxylic acids is 1. The van der Waals surface area contributed by atoms with Crippen molar-refractivity contribution in [1.29, 1.82) is 0 Å². The number of ether oxygens (including phenoxy) is 1. The van der Waals surface area contributed by atoms with Gasteiger partial charge in [0.2, 0.25) is 0 Å². The van der Waals surface area contributed by atoms with Crippen LogP contribution >= 0.6 is 43.5 Å². The lowest BCUT2D eigenvalue weighted by molar-refractivity contribution is -0.145. The van der Waals surface area contributed by atoms with Crippen LogP contribution in [0, 0.1) is 0 Å². The molecular weight excluding hydrogens is 363 g/mol. The van der Waals surface area contributed by atoms with E-state index >= 15 is 0 Å². The van der Waals surface area contributed by atoms with E-state index in [1.807, 2.05) is 0 Å². The number of benzene rings is 1. The van der Waals surface area contributed by atoms with E-state index in [0.717, 1.165) is 4.47 Å². The summed E-state index contributed by atoms with van der Waals surface area (Å²) in [6.45, 7) is 0. The van der Waals surface area contributed by atoms with E-state index in [2.05, 4.69) is 31.9 Å². The molecule has 1 N–H and O–H groups in total. The average Bonchev–Trinajstić information content (AvgIpc) is 2.20. The van der Waals surface area contributed by atoms with Crippen molar-refractivity contribution in [1.82, 2.24) is 0 Å². The van der Waals surface area contributed by atoms with Gasteiger partial charge in [-0.1, -0.05) is 15.9 Å². The lowest BCUT2D eigenvalue weighted by atomic mass is 10.2. The molecule has 1 aromatic rings. The van der Waals surface area contributed by atoms with Crippen LogP contribution in [0.5, 0.6) is 5.75 Å². The SMILES string of the molecule is O=C(O)C(CCCl)Oc1ccc(Br)cc1Br. The van der Waals surface area contributed by atoms with E-state index in [1.165, 1.54) is 0 Å². The number of carboxylic acids is 1. The Hall–Kier alpha value is -0.260. The van der Waals surface area contributed by atoms with Gasteiger partial charge in [-0.25, -0.2) is 4.79 Å². The molecule has 3 nitrogen and oxygen atoms in total. The summed E-state index contributed by atoms with van der Waals surface area (Å²) in [6.07, 6.45) is -0.658. The summed E-state index contributed by atoms with van der Waals surface area (Å²) < 4.78 is 6.93. The van der Waals surface area contributed by atoms with Gasteiger partial charge in [0.15, 0.2) is 6.10 Å². The van der Waals surface area contributed by atoms with Gasteiger partial charge in [-0.2, -0.15) is 0 Å². The molecule has 0 bridgehead atoms. The molecule has 0 spiro atoms. The Morgan fingerprint density at radius 1 is 1.50 bits per heavy atom. The lowest BCUT2D eigenvalue weighted by Gasteiger charge is -2.15. The summed E-state index contributed by atoms with van der Waals surface area (Å²) in [5.74, 6) is -0.290. The minimum atomic E-state index is -1.02. The van der Waals surface area contributed by atoms with Crippen molar-refractivity contribution in [3.63, 3.8) is 0 Å². The summed E-state index contributed by atoms with van der Waals surface area (Å²) >= 11 is 12.1. The largest absolute Gasteiger partial charge is 0.479 e. The Bertz CT molecular complexity index is 384. The third-order valence-electron chi connectivity index (χ3n) is 1.81. The van der Waals surface area contributed by atoms with Gasteiger partial charge < -0.3 is 9.84 Å². The first kappa shape index (κ1) is 13.8. The quantitative estimate of drug-likeness (QED) is 0.802. The smallest absolute Gasteiger partial charge is 0.344 e. The molecule has 16 heavy (non-hydrogen) atoms. The maximum Gasteiger partial charge on any atom is 0.344 e. The molecule has 0 fully saturated rings. The van der Waals surface area contributed by atoms with Gasteiger partial charge in [-0.15, -0.1) is 11.6 Å². The van der Waals surface area contributed by atoms with Crippen LogP contribution < -0.4 is 4.74 Å². The second-order valence-corrected chi connectivity index (χ2v) is 5.15. The minimum absolute atomic E-state index is 0.241. The van der Waals surface area contributed by atoms with Crippen LogP contribution in [0.4, 0.5) is 0 Å². The highest BCUT2D eigenvalue weighted by Crippen LogP contribution is 2.29. The molecule has 0 heterocycles. The summed E-state index contributed by atoms with van der Waals surface area (Å²) in [6, 6.07) is 5.26. The molecule has 1 rings (SSSR count). The van der Waals surface area contributed by atoms with Crippen molar-refractivity contribution in [2.45, 2.75) is 12.5 Å². The highest BCUT2D eigenvalue weighted by Gasteiger charge is 2.19. The highest BCUT2D eigenvalue weighted by molar-refractivity contribution is 9.11. The number of hydrogen-bond donors (Lipinski definition) is 1. The molecule has 1 unspecified atom stereocenters. The molecule has 1 atom stereocenters. The van der Waals surface area contributed by atoms with Crippen LogP contribution in [0.2, 0.25) is 0 Å². The van der Waals surface area contributed by atoms with E-state index in [1.54, 1.807) is 18.2 Å². The molecule has 0 aliphatic rings. The number of hydrogen-bond acceptors (Lipinski definition) is 2. The zero-order valence-corrected chi connectivity index (χ0v) is 12.0. The van der Waals surface area contributed by atoms with Crippen LogP contribution in [0.3, 0.4) is 0 Å². The third kappa shape index (κ3) is 3.96. The number of rotatable bonds is 5. The average molecular weight is 372 g/mol. The Balaban J connectivity index is 2.81. The fourth-order valence-electron chi connectivity index (χ4n) is 1.06. The van der Waals surface area contributed by atoms with Crippen molar-refractivity contribution in [2.24, 2.45) is 0 Å². The molecule has 0 aromatic heterocycles. The molecule has 88 valence electrons. The van der Waals surface area contributed by atoms with Crippen molar-refractivity contribution in [3.05, 3.63) is 27.1 Å². The van der Waals surface area contributed by atoms with Gasteiger partial charge >= 0.3 is 5.97 Å². The van der Waals surface area contributed by atoms with Crippen LogP contribution in [-0.4, -0.2) is 23.1 Å². The highest BCUT2D eigenvalue weighted by atomic mass is 79.9. The van der Waals surface area contributed by atoms with Crippen molar-refractivity contribution >= 4 is 49.4 Å². The molecule has 0 radical (unpaired) electrons. The van der Waals surface area contributed by atoms with Gasteiger partial charge in [-0.3, -0.25) is 0 Å². The Labute approximate surface area is 115 Å². The zero-order valence-electron chi connectivity index (χ0n) is 8.12. The second kappa shape index (κ2) is 6.47. The minimum Gasteiger partial charge on any atom is -0.479 e. The van der Waals surface area contributed by atoms with Crippen LogP contribution in [0.15, 0.2) is 27.1 Å². The number of carboxylic acid groups (broad SMARTS) is 1. The first-order chi connectivity index (χ1) is 7.54. The van der Waals surface area contributed by atoms with Crippen molar-refractivity contribution in [3.8, 4) is 5.75 Å². The molecule has 0 saturated carbocycles. The molecule has 0 saturated heterocycles. The maximum atomic E-state index is 10.9.